The minimum Gasteiger partial charge on any atom is -0.354 e. The Hall–Kier alpha value is -0.850. The molecule has 0 amide bonds. The summed E-state index contributed by atoms with van der Waals surface area (Å²) in [6.45, 7) is 0.845. The fourth-order valence-electron chi connectivity index (χ4n) is 2.19. The molecule has 0 aliphatic carbocycles. The molecule has 20 heavy (non-hydrogen) atoms. The van der Waals surface area contributed by atoms with Gasteiger partial charge in [0.25, 0.3) is 0 Å². The van der Waals surface area contributed by atoms with Gasteiger partial charge in [-0.05, 0) is 17.7 Å². The second kappa shape index (κ2) is 5.87. The van der Waals surface area contributed by atoms with E-state index in [-0.39, 0.29) is 0 Å². The minimum absolute atomic E-state index is 0.797. The summed E-state index contributed by atoms with van der Waals surface area (Å²) in [5, 5.41) is 2.86. The first-order valence-electron chi connectivity index (χ1n) is 6.15. The average Bonchev–Trinajstić information content (AvgIpc) is 3.01. The summed E-state index contributed by atoms with van der Waals surface area (Å²) in [7, 11) is 2.08. The van der Waals surface area contributed by atoms with Gasteiger partial charge < -0.3 is 4.90 Å². The van der Waals surface area contributed by atoms with Gasteiger partial charge in [0.15, 0.2) is 10.8 Å². The van der Waals surface area contributed by atoms with Crippen LogP contribution in [0.15, 0.2) is 40.3 Å². The Kier molecular flexibility index (Phi) is 4.14. The Morgan fingerprint density at radius 3 is 2.75 bits per heavy atom. The summed E-state index contributed by atoms with van der Waals surface area (Å²) >= 11 is 8.69. The molecule has 2 heterocycles. The first-order valence-corrected chi connectivity index (χ1v) is 8.94. The number of alkyl halides is 1. The number of hydrogen-bond acceptors (Lipinski definition) is 3. The van der Waals surface area contributed by atoms with Crippen molar-refractivity contribution >= 4 is 54.0 Å². The van der Waals surface area contributed by atoms with Crippen LogP contribution in [0, 0.1) is 0 Å². The molecule has 0 aliphatic rings. The van der Waals surface area contributed by atoms with Gasteiger partial charge in [0.05, 0.1) is 5.69 Å². The largest absolute Gasteiger partial charge is 0.354 e. The maximum absolute atomic E-state index is 4.73. The SMILES string of the molecule is CN(Cc1ccc(Br)cc1)c1nc2sccn2c1CBr. The van der Waals surface area contributed by atoms with Crippen molar-refractivity contribution in [3.63, 3.8) is 0 Å². The third kappa shape index (κ3) is 2.64. The van der Waals surface area contributed by atoms with Crippen molar-refractivity contribution in [2.24, 2.45) is 0 Å². The molecule has 0 atom stereocenters. The molecule has 0 saturated heterocycles. The Labute approximate surface area is 138 Å². The van der Waals surface area contributed by atoms with Gasteiger partial charge in [-0.1, -0.05) is 44.0 Å². The lowest BCUT2D eigenvalue weighted by Crippen LogP contribution is -2.18. The van der Waals surface area contributed by atoms with Crippen LogP contribution in [0.4, 0.5) is 5.82 Å². The molecule has 104 valence electrons. The Bertz CT molecular complexity index is 718. The number of imidazole rings is 1. The Morgan fingerprint density at radius 1 is 1.30 bits per heavy atom. The fraction of sp³-hybridized carbons (Fsp3) is 0.214. The molecular weight excluding hydrogens is 402 g/mol. The fourth-order valence-corrected chi connectivity index (χ4v) is 3.70. The molecule has 0 aliphatic heterocycles. The van der Waals surface area contributed by atoms with Gasteiger partial charge in [0, 0.05) is 35.0 Å². The van der Waals surface area contributed by atoms with Gasteiger partial charge in [-0.2, -0.15) is 0 Å². The van der Waals surface area contributed by atoms with Crippen molar-refractivity contribution in [1.82, 2.24) is 9.38 Å². The van der Waals surface area contributed by atoms with Crippen molar-refractivity contribution in [2.75, 3.05) is 11.9 Å². The predicted molar refractivity (Wildman–Crippen MR) is 91.9 cm³/mol. The molecule has 3 rings (SSSR count). The summed E-state index contributed by atoms with van der Waals surface area (Å²) in [5.41, 5.74) is 2.47. The summed E-state index contributed by atoms with van der Waals surface area (Å²) in [6.07, 6.45) is 2.07. The van der Waals surface area contributed by atoms with E-state index in [2.05, 4.69) is 84.1 Å². The van der Waals surface area contributed by atoms with E-state index in [4.69, 9.17) is 4.98 Å². The molecule has 0 radical (unpaired) electrons. The molecule has 0 fully saturated rings. The number of thiazole rings is 1. The summed E-state index contributed by atoms with van der Waals surface area (Å²) in [5.74, 6) is 1.04. The van der Waals surface area contributed by atoms with Gasteiger partial charge in [-0.25, -0.2) is 4.98 Å². The van der Waals surface area contributed by atoms with E-state index in [1.807, 2.05) is 0 Å². The number of benzene rings is 1. The van der Waals surface area contributed by atoms with Crippen LogP contribution in [0.25, 0.3) is 4.96 Å². The van der Waals surface area contributed by atoms with Crippen LogP contribution in [0.2, 0.25) is 0 Å². The van der Waals surface area contributed by atoms with Gasteiger partial charge >= 0.3 is 0 Å². The van der Waals surface area contributed by atoms with Crippen molar-refractivity contribution in [1.29, 1.82) is 0 Å². The zero-order valence-corrected chi connectivity index (χ0v) is 14.9. The van der Waals surface area contributed by atoms with Crippen molar-refractivity contribution in [3.8, 4) is 0 Å². The highest BCUT2D eigenvalue weighted by molar-refractivity contribution is 9.10. The molecule has 3 nitrogen and oxygen atoms in total. The van der Waals surface area contributed by atoms with E-state index in [0.717, 1.165) is 27.1 Å². The summed E-state index contributed by atoms with van der Waals surface area (Å²) in [6, 6.07) is 8.40. The summed E-state index contributed by atoms with van der Waals surface area (Å²) in [4.78, 5) is 7.96. The molecule has 6 heteroatoms. The zero-order chi connectivity index (χ0) is 14.1. The number of aromatic nitrogens is 2. The molecule has 2 aromatic heterocycles. The molecule has 3 aromatic rings. The highest BCUT2D eigenvalue weighted by atomic mass is 79.9. The molecule has 1 aromatic carbocycles. The Morgan fingerprint density at radius 2 is 2.05 bits per heavy atom. The van der Waals surface area contributed by atoms with Crippen LogP contribution < -0.4 is 4.90 Å². The molecule has 0 saturated carbocycles. The van der Waals surface area contributed by atoms with E-state index >= 15 is 0 Å². The van der Waals surface area contributed by atoms with Gasteiger partial charge in [0.2, 0.25) is 0 Å². The standard InChI is InChI=1S/C14H13Br2N3S/c1-18(9-10-2-4-11(16)5-3-10)13-12(8-15)19-6-7-20-14(19)17-13/h2-7H,8-9H2,1H3. The molecule has 0 spiro atoms. The van der Waals surface area contributed by atoms with E-state index in [9.17, 15) is 0 Å². The quantitative estimate of drug-likeness (QED) is 0.577. The number of rotatable bonds is 4. The van der Waals surface area contributed by atoms with Gasteiger partial charge in [0.1, 0.15) is 0 Å². The lowest BCUT2D eigenvalue weighted by atomic mass is 10.2. The zero-order valence-electron chi connectivity index (χ0n) is 10.9. The smallest absolute Gasteiger partial charge is 0.195 e. The second-order valence-corrected chi connectivity index (χ2v) is 6.90. The normalized spacial score (nSPS) is 11.2. The number of anilines is 1. The van der Waals surface area contributed by atoms with Crippen LogP contribution >= 0.6 is 43.2 Å². The van der Waals surface area contributed by atoms with Crippen molar-refractivity contribution in [3.05, 3.63) is 51.6 Å². The van der Waals surface area contributed by atoms with Crippen LogP contribution in [0.1, 0.15) is 11.3 Å². The van der Waals surface area contributed by atoms with Gasteiger partial charge in [-0.15, -0.1) is 11.3 Å². The molecule has 0 unspecified atom stereocenters. The maximum atomic E-state index is 4.73. The summed E-state index contributed by atoms with van der Waals surface area (Å²) < 4.78 is 3.25. The average molecular weight is 415 g/mol. The first kappa shape index (κ1) is 14.1. The molecular formula is C14H13Br2N3S. The van der Waals surface area contributed by atoms with Crippen molar-refractivity contribution in [2.45, 2.75) is 11.9 Å². The van der Waals surface area contributed by atoms with E-state index in [1.54, 1.807) is 11.3 Å². The highest BCUT2D eigenvalue weighted by Crippen LogP contribution is 2.27. The molecule has 0 bridgehead atoms. The second-order valence-electron chi connectivity index (χ2n) is 4.55. The van der Waals surface area contributed by atoms with E-state index in [0.29, 0.717) is 0 Å². The third-order valence-electron chi connectivity index (χ3n) is 3.16. The van der Waals surface area contributed by atoms with Gasteiger partial charge in [-0.3, -0.25) is 4.40 Å². The van der Waals surface area contributed by atoms with Crippen LogP contribution in [0.5, 0.6) is 0 Å². The first-order chi connectivity index (χ1) is 9.69. The predicted octanol–water partition coefficient (Wildman–Crippen LogP) is 4.69. The monoisotopic (exact) mass is 413 g/mol. The van der Waals surface area contributed by atoms with E-state index < -0.39 is 0 Å². The topological polar surface area (TPSA) is 20.5 Å². The lowest BCUT2D eigenvalue weighted by Gasteiger charge is -2.18. The number of hydrogen-bond donors (Lipinski definition) is 0. The number of nitrogens with zero attached hydrogens (tertiary/aromatic N) is 3. The third-order valence-corrected chi connectivity index (χ3v) is 4.98. The minimum atomic E-state index is 0.797. The number of halogens is 2. The van der Waals surface area contributed by atoms with Crippen molar-refractivity contribution < 1.29 is 0 Å². The molecule has 0 N–H and O–H groups in total. The van der Waals surface area contributed by atoms with Crippen LogP contribution in [0.3, 0.4) is 0 Å². The van der Waals surface area contributed by atoms with E-state index in [1.165, 1.54) is 11.3 Å². The van der Waals surface area contributed by atoms with Crippen LogP contribution in [-0.4, -0.2) is 16.4 Å². The highest BCUT2D eigenvalue weighted by Gasteiger charge is 2.15. The van der Waals surface area contributed by atoms with Crippen LogP contribution in [-0.2, 0) is 11.9 Å². The lowest BCUT2D eigenvalue weighted by molar-refractivity contribution is 0.895. The number of fused-ring (bicyclic) bond motifs is 1. The Balaban J connectivity index is 1.89. The maximum Gasteiger partial charge on any atom is 0.195 e.